The van der Waals surface area contributed by atoms with Crippen LogP contribution in [0.3, 0.4) is 0 Å². The van der Waals surface area contributed by atoms with E-state index in [1.165, 1.54) is 38.1 Å². The van der Waals surface area contributed by atoms with Gasteiger partial charge in [0.2, 0.25) is 0 Å². The molecule has 2 rings (SSSR count). The minimum absolute atomic E-state index is 0.143. The molecular weight excluding hydrogens is 275 g/mol. The van der Waals surface area contributed by atoms with Crippen molar-refractivity contribution >= 4 is 11.6 Å². The summed E-state index contributed by atoms with van der Waals surface area (Å²) in [6, 6.07) is 4.75. The fourth-order valence-electron chi connectivity index (χ4n) is 2.81. The van der Waals surface area contributed by atoms with Crippen molar-refractivity contribution in [1.82, 2.24) is 10.2 Å². The lowest BCUT2D eigenvalue weighted by Gasteiger charge is -2.23. The van der Waals surface area contributed by atoms with Crippen LogP contribution in [-0.2, 0) is 0 Å². The smallest absolute Gasteiger partial charge is 0.124 e. The van der Waals surface area contributed by atoms with Crippen molar-refractivity contribution in [1.29, 1.82) is 0 Å². The Morgan fingerprint density at radius 3 is 2.65 bits per heavy atom. The second-order valence-electron chi connectivity index (χ2n) is 5.91. The number of likely N-dealkylation sites (tertiary alicyclic amines) is 1. The number of nitrogens with one attached hydrogen (secondary N) is 1. The molecule has 0 aromatic heterocycles. The van der Waals surface area contributed by atoms with Crippen molar-refractivity contribution in [2.45, 2.75) is 32.7 Å². The highest BCUT2D eigenvalue weighted by molar-refractivity contribution is 6.31. The van der Waals surface area contributed by atoms with Crippen LogP contribution in [-0.4, -0.2) is 31.1 Å². The summed E-state index contributed by atoms with van der Waals surface area (Å²) in [6.45, 7) is 8.92. The number of hydrogen-bond donors (Lipinski definition) is 1. The Bertz CT molecular complexity index is 432. The van der Waals surface area contributed by atoms with Gasteiger partial charge < -0.3 is 10.2 Å². The molecule has 0 bridgehead atoms. The molecule has 1 aliphatic rings. The highest BCUT2D eigenvalue weighted by Gasteiger charge is 2.16. The van der Waals surface area contributed by atoms with Gasteiger partial charge in [0.25, 0.3) is 0 Å². The maximum atomic E-state index is 13.0. The van der Waals surface area contributed by atoms with Gasteiger partial charge in [-0.2, -0.15) is 0 Å². The standard InChI is InChI=1S/C16H24ClFN2/c1-12(11-20-7-3-4-8-20)10-19-13(2)15-6-5-14(18)9-16(15)17/h5-6,9,12-13,19H,3-4,7-8,10-11H2,1-2H3. The van der Waals surface area contributed by atoms with E-state index in [4.69, 9.17) is 11.6 Å². The summed E-state index contributed by atoms with van der Waals surface area (Å²) >= 11 is 6.09. The second kappa shape index (κ2) is 7.39. The molecule has 1 fully saturated rings. The Labute approximate surface area is 126 Å². The molecule has 1 N–H and O–H groups in total. The zero-order valence-electron chi connectivity index (χ0n) is 12.3. The van der Waals surface area contributed by atoms with Crippen molar-refractivity contribution in [2.24, 2.45) is 5.92 Å². The molecule has 2 nitrogen and oxygen atoms in total. The van der Waals surface area contributed by atoms with Crippen molar-refractivity contribution in [2.75, 3.05) is 26.2 Å². The average molecular weight is 299 g/mol. The molecular formula is C16H24ClFN2. The monoisotopic (exact) mass is 298 g/mol. The molecule has 1 aromatic carbocycles. The number of benzene rings is 1. The Balaban J connectivity index is 1.80. The van der Waals surface area contributed by atoms with Gasteiger partial charge in [-0.25, -0.2) is 4.39 Å². The summed E-state index contributed by atoms with van der Waals surface area (Å²) in [7, 11) is 0. The SMILES string of the molecule is CC(CNC(C)c1ccc(F)cc1Cl)CN1CCCC1. The van der Waals surface area contributed by atoms with Gasteiger partial charge in [0, 0.05) is 17.6 Å². The van der Waals surface area contributed by atoms with Gasteiger partial charge in [0.1, 0.15) is 5.82 Å². The molecule has 2 unspecified atom stereocenters. The van der Waals surface area contributed by atoms with Gasteiger partial charge in [-0.15, -0.1) is 0 Å². The van der Waals surface area contributed by atoms with E-state index >= 15 is 0 Å². The molecule has 0 aliphatic carbocycles. The number of hydrogen-bond acceptors (Lipinski definition) is 2. The maximum absolute atomic E-state index is 13.0. The molecule has 0 saturated carbocycles. The molecule has 112 valence electrons. The normalized spacial score (nSPS) is 19.2. The molecule has 4 heteroatoms. The molecule has 1 heterocycles. The van der Waals surface area contributed by atoms with Crippen LogP contribution in [0.5, 0.6) is 0 Å². The Morgan fingerprint density at radius 2 is 2.00 bits per heavy atom. The second-order valence-corrected chi connectivity index (χ2v) is 6.32. The van der Waals surface area contributed by atoms with Crippen LogP contribution >= 0.6 is 11.6 Å². The Hall–Kier alpha value is -0.640. The predicted molar refractivity (Wildman–Crippen MR) is 82.7 cm³/mol. The summed E-state index contributed by atoms with van der Waals surface area (Å²) in [5.74, 6) is 0.322. The van der Waals surface area contributed by atoms with E-state index in [-0.39, 0.29) is 11.9 Å². The summed E-state index contributed by atoms with van der Waals surface area (Å²) in [5, 5.41) is 4.00. The Kier molecular flexibility index (Phi) is 5.82. The van der Waals surface area contributed by atoms with Crippen LogP contribution in [0.2, 0.25) is 5.02 Å². The van der Waals surface area contributed by atoms with Crippen LogP contribution in [0.15, 0.2) is 18.2 Å². The molecule has 1 aliphatic heterocycles. The van der Waals surface area contributed by atoms with Crippen LogP contribution < -0.4 is 5.32 Å². The third-order valence-corrected chi connectivity index (χ3v) is 4.30. The van der Waals surface area contributed by atoms with Gasteiger partial charge in [0.15, 0.2) is 0 Å². The highest BCUT2D eigenvalue weighted by atomic mass is 35.5. The first-order chi connectivity index (χ1) is 9.56. The van der Waals surface area contributed by atoms with E-state index in [1.54, 1.807) is 6.07 Å². The number of nitrogens with zero attached hydrogens (tertiary/aromatic N) is 1. The van der Waals surface area contributed by atoms with Gasteiger partial charge in [-0.1, -0.05) is 24.6 Å². The van der Waals surface area contributed by atoms with Crippen molar-refractivity contribution in [3.8, 4) is 0 Å². The number of halogens is 2. The topological polar surface area (TPSA) is 15.3 Å². The first kappa shape index (κ1) is 15.7. The quantitative estimate of drug-likeness (QED) is 0.858. The number of rotatable bonds is 6. The molecule has 1 saturated heterocycles. The third kappa shape index (κ3) is 4.44. The van der Waals surface area contributed by atoms with Gasteiger partial charge in [0.05, 0.1) is 0 Å². The summed E-state index contributed by atoms with van der Waals surface area (Å²) in [4.78, 5) is 2.53. The lowest BCUT2D eigenvalue weighted by Crippen LogP contribution is -2.32. The predicted octanol–water partition coefficient (Wildman–Crippen LogP) is 3.86. The molecule has 2 atom stereocenters. The summed E-state index contributed by atoms with van der Waals surface area (Å²) < 4.78 is 13.0. The van der Waals surface area contributed by atoms with Crippen molar-refractivity contribution in [3.63, 3.8) is 0 Å². The lowest BCUT2D eigenvalue weighted by atomic mass is 10.1. The highest BCUT2D eigenvalue weighted by Crippen LogP contribution is 2.23. The largest absolute Gasteiger partial charge is 0.310 e. The molecule has 0 amide bonds. The van der Waals surface area contributed by atoms with Crippen molar-refractivity contribution in [3.05, 3.63) is 34.6 Å². The van der Waals surface area contributed by atoms with E-state index in [0.29, 0.717) is 10.9 Å². The van der Waals surface area contributed by atoms with E-state index in [0.717, 1.165) is 18.7 Å². The zero-order valence-corrected chi connectivity index (χ0v) is 13.1. The third-order valence-electron chi connectivity index (χ3n) is 3.97. The van der Waals surface area contributed by atoms with Crippen LogP contribution in [0.25, 0.3) is 0 Å². The maximum Gasteiger partial charge on any atom is 0.124 e. The minimum Gasteiger partial charge on any atom is -0.310 e. The van der Waals surface area contributed by atoms with Crippen LogP contribution in [0.4, 0.5) is 4.39 Å². The first-order valence-corrected chi connectivity index (χ1v) is 7.84. The van der Waals surface area contributed by atoms with E-state index < -0.39 is 0 Å². The van der Waals surface area contributed by atoms with Crippen molar-refractivity contribution < 1.29 is 4.39 Å². The van der Waals surface area contributed by atoms with Gasteiger partial charge in [-0.05, 0) is 63.0 Å². The van der Waals surface area contributed by atoms with Crippen LogP contribution in [0, 0.1) is 11.7 Å². The summed E-state index contributed by atoms with van der Waals surface area (Å²) in [5.41, 5.74) is 0.960. The minimum atomic E-state index is -0.284. The average Bonchev–Trinajstić information content (AvgIpc) is 2.89. The van der Waals surface area contributed by atoms with Crippen LogP contribution in [0.1, 0.15) is 38.3 Å². The summed E-state index contributed by atoms with van der Waals surface area (Å²) in [6.07, 6.45) is 2.67. The molecule has 20 heavy (non-hydrogen) atoms. The molecule has 0 radical (unpaired) electrons. The fourth-order valence-corrected chi connectivity index (χ4v) is 3.14. The Morgan fingerprint density at radius 1 is 1.30 bits per heavy atom. The first-order valence-electron chi connectivity index (χ1n) is 7.47. The molecule has 1 aromatic rings. The van der Waals surface area contributed by atoms with E-state index in [1.807, 2.05) is 0 Å². The fraction of sp³-hybridized carbons (Fsp3) is 0.625. The van der Waals surface area contributed by atoms with Gasteiger partial charge in [-0.3, -0.25) is 0 Å². The van der Waals surface area contributed by atoms with E-state index in [9.17, 15) is 4.39 Å². The lowest BCUT2D eigenvalue weighted by molar-refractivity contribution is 0.279. The van der Waals surface area contributed by atoms with Gasteiger partial charge >= 0.3 is 0 Å². The molecule has 0 spiro atoms. The van der Waals surface area contributed by atoms with E-state index in [2.05, 4.69) is 24.1 Å². The zero-order chi connectivity index (χ0) is 14.5.